The molecule has 6 N–H and O–H groups in total. The first-order valence-electron chi connectivity index (χ1n) is 24.8. The lowest BCUT2D eigenvalue weighted by Gasteiger charge is -2.40. The summed E-state index contributed by atoms with van der Waals surface area (Å²) in [6, 6.07) is 0.323. The number of imidazole rings is 2. The molecule has 1 amide bonds. The minimum absolute atomic E-state index is 0.0783. The molecule has 380 valence electrons. The highest BCUT2D eigenvalue weighted by Crippen LogP contribution is 2.34. The third-order valence-corrected chi connectivity index (χ3v) is 12.9. The summed E-state index contributed by atoms with van der Waals surface area (Å²) in [6.45, 7) is 26.0. The Labute approximate surface area is 413 Å². The van der Waals surface area contributed by atoms with Gasteiger partial charge >= 0.3 is 0 Å². The first-order chi connectivity index (χ1) is 34.2. The van der Waals surface area contributed by atoms with Crippen molar-refractivity contribution in [2.75, 3.05) is 123 Å². The molecule has 10 heterocycles. The zero-order chi connectivity index (χ0) is 49.9. The average Bonchev–Trinajstić information content (AvgIpc) is 3.91. The number of hydrogen-bond acceptors (Lipinski definition) is 21. The van der Waals surface area contributed by atoms with Crippen LogP contribution in [-0.4, -0.2) is 185 Å². The van der Waals surface area contributed by atoms with Gasteiger partial charge in [0.1, 0.15) is 6.10 Å². The maximum atomic E-state index is 12.5. The van der Waals surface area contributed by atoms with Gasteiger partial charge in [0.15, 0.2) is 45.6 Å². The molecule has 4 aliphatic rings. The van der Waals surface area contributed by atoms with Crippen molar-refractivity contribution in [3.63, 3.8) is 0 Å². The molecule has 0 aromatic carbocycles. The summed E-state index contributed by atoms with van der Waals surface area (Å²) < 4.78 is 15.6. The first kappa shape index (κ1) is 49.4. The molecule has 4 fully saturated rings. The van der Waals surface area contributed by atoms with Gasteiger partial charge in [-0.25, -0.2) is 49.8 Å². The standard InChI is InChI=1S/C25H36N10O3.C22H32N10O/c1-15(2)13-35-22-19(29-25(35)33-5-6-34(16(3)14-33)23(37)17(4)36)21(32-7-9-38-10-8-32)30-20(31-22)18-11-27-24(26)28-12-18;1-14(2)12-32-20-17(27-22(32)31-5-4-24-15(3)13-31)19(30-6-8-33-9-7-30)28-18(29-20)16-10-25-21(23)26-11-16/h11-12,15-17,36H,5-10,13-14H2,1-4H3,(H2,26,27,28);10-11,14-15,24H,4-9,12-13H2,1-3H3,(H2,23,25,26)/t16-,17+;15-/m11/s1. The fourth-order valence-electron chi connectivity index (χ4n) is 9.48. The third-order valence-electron chi connectivity index (χ3n) is 12.9. The molecule has 24 heteroatoms. The van der Waals surface area contributed by atoms with Gasteiger partial charge in [-0.2, -0.15) is 0 Å². The molecule has 6 aromatic heterocycles. The minimum Gasteiger partial charge on any atom is -0.384 e. The van der Waals surface area contributed by atoms with E-state index >= 15 is 0 Å². The van der Waals surface area contributed by atoms with Gasteiger partial charge in [-0.15, -0.1) is 0 Å². The number of nitrogens with one attached hydrogen (secondary N) is 1. The number of amides is 1. The molecule has 0 unspecified atom stereocenters. The normalized spacial score (nSPS) is 19.5. The maximum Gasteiger partial charge on any atom is 0.251 e. The summed E-state index contributed by atoms with van der Waals surface area (Å²) in [4.78, 5) is 70.0. The van der Waals surface area contributed by atoms with Gasteiger partial charge < -0.3 is 55.9 Å². The molecule has 0 saturated carbocycles. The van der Waals surface area contributed by atoms with Gasteiger partial charge in [-0.1, -0.05) is 27.7 Å². The number of morpholine rings is 2. The van der Waals surface area contributed by atoms with E-state index in [1.54, 1.807) is 29.7 Å². The summed E-state index contributed by atoms with van der Waals surface area (Å²) in [5.41, 5.74) is 16.0. The molecule has 0 spiro atoms. The summed E-state index contributed by atoms with van der Waals surface area (Å²) in [5.74, 6) is 5.39. The van der Waals surface area contributed by atoms with Crippen LogP contribution in [0.1, 0.15) is 48.5 Å². The zero-order valence-corrected chi connectivity index (χ0v) is 41.9. The highest BCUT2D eigenvalue weighted by atomic mass is 16.5. The molecule has 4 saturated heterocycles. The highest BCUT2D eigenvalue weighted by molar-refractivity contribution is 5.89. The quantitative estimate of drug-likeness (QED) is 0.144. The Morgan fingerprint density at radius 2 is 1.08 bits per heavy atom. The van der Waals surface area contributed by atoms with E-state index in [-0.39, 0.29) is 23.8 Å². The molecule has 0 bridgehead atoms. The van der Waals surface area contributed by atoms with Crippen LogP contribution < -0.4 is 36.4 Å². The predicted octanol–water partition coefficient (Wildman–Crippen LogP) is 1.93. The number of piperazine rings is 2. The number of anilines is 6. The van der Waals surface area contributed by atoms with Gasteiger partial charge in [-0.3, -0.25) is 13.9 Å². The van der Waals surface area contributed by atoms with Crippen LogP contribution in [0.2, 0.25) is 0 Å². The monoisotopic (exact) mass is 977 g/mol. The van der Waals surface area contributed by atoms with E-state index < -0.39 is 6.10 Å². The smallest absolute Gasteiger partial charge is 0.251 e. The maximum absolute atomic E-state index is 12.5. The number of ether oxygens (including phenoxy) is 2. The van der Waals surface area contributed by atoms with Crippen molar-refractivity contribution >= 4 is 63.7 Å². The molecule has 0 radical (unpaired) electrons. The number of rotatable bonds is 11. The zero-order valence-electron chi connectivity index (χ0n) is 41.9. The Hall–Kier alpha value is -6.63. The molecular weight excluding hydrogens is 909 g/mol. The molecule has 71 heavy (non-hydrogen) atoms. The topological polar surface area (TPSA) is 275 Å². The van der Waals surface area contributed by atoms with Crippen LogP contribution in [0.15, 0.2) is 24.8 Å². The molecule has 4 aliphatic heterocycles. The largest absolute Gasteiger partial charge is 0.384 e. The number of carbonyl (C=O) groups excluding carboxylic acids is 1. The van der Waals surface area contributed by atoms with E-state index in [1.165, 1.54) is 6.92 Å². The van der Waals surface area contributed by atoms with Crippen molar-refractivity contribution in [2.24, 2.45) is 11.8 Å². The SMILES string of the molecule is CC(C)Cn1c(N2CCN(C(=O)[C@H](C)O)[C@H](C)C2)nc2c(N3CCOCC3)nc(-c3cnc(N)nc3)nc21.CC(C)Cn1c(N2CCN[C@H](C)C2)nc2c(N3CCOCC3)nc(-c3cnc(N)nc3)nc21. The van der Waals surface area contributed by atoms with Crippen molar-refractivity contribution in [3.05, 3.63) is 24.8 Å². The fourth-order valence-corrected chi connectivity index (χ4v) is 9.48. The average molecular weight is 977 g/mol. The highest BCUT2D eigenvalue weighted by Gasteiger charge is 2.34. The van der Waals surface area contributed by atoms with E-state index in [2.05, 4.69) is 88.6 Å². The molecule has 24 nitrogen and oxygen atoms in total. The third kappa shape index (κ3) is 10.8. The first-order valence-corrected chi connectivity index (χ1v) is 24.8. The Morgan fingerprint density at radius 1 is 0.634 bits per heavy atom. The molecular formula is C47H68N20O4. The van der Waals surface area contributed by atoms with Crippen LogP contribution in [0, 0.1) is 11.8 Å². The van der Waals surface area contributed by atoms with Gasteiger partial charge in [0.05, 0.1) is 37.6 Å². The molecule has 3 atom stereocenters. The summed E-state index contributed by atoms with van der Waals surface area (Å²) in [6.07, 6.45) is 5.60. The lowest BCUT2D eigenvalue weighted by atomic mass is 10.1. The predicted molar refractivity (Wildman–Crippen MR) is 272 cm³/mol. The number of aromatic nitrogens is 12. The number of aliphatic hydroxyl groups is 1. The Bertz CT molecular complexity index is 2770. The van der Waals surface area contributed by atoms with Crippen LogP contribution in [0.3, 0.4) is 0 Å². The van der Waals surface area contributed by atoms with Crippen molar-refractivity contribution in [1.29, 1.82) is 0 Å². The van der Waals surface area contributed by atoms with Gasteiger partial charge in [0.2, 0.25) is 23.8 Å². The number of nitrogen functional groups attached to an aromatic ring is 2. The van der Waals surface area contributed by atoms with Crippen molar-refractivity contribution < 1.29 is 19.4 Å². The van der Waals surface area contributed by atoms with Gasteiger partial charge in [-0.05, 0) is 32.6 Å². The minimum atomic E-state index is -1.02. The van der Waals surface area contributed by atoms with E-state index in [1.807, 2.05) is 6.92 Å². The summed E-state index contributed by atoms with van der Waals surface area (Å²) in [7, 11) is 0. The second kappa shape index (κ2) is 21.4. The Morgan fingerprint density at radius 3 is 1.49 bits per heavy atom. The second-order valence-electron chi connectivity index (χ2n) is 19.6. The Balaban J connectivity index is 0.000000177. The number of nitrogens with zero attached hydrogens (tertiary/aromatic N) is 17. The van der Waals surface area contributed by atoms with Crippen molar-refractivity contribution in [1.82, 2.24) is 69.2 Å². The number of hydrogen-bond donors (Lipinski definition) is 4. The Kier molecular flexibility index (Phi) is 14.9. The number of aliphatic hydroxyl groups excluding tert-OH is 1. The van der Waals surface area contributed by atoms with Crippen LogP contribution in [0.25, 0.3) is 45.1 Å². The molecule has 0 aliphatic carbocycles. The lowest BCUT2D eigenvalue weighted by molar-refractivity contribution is -0.141. The lowest BCUT2D eigenvalue weighted by Crippen LogP contribution is -2.56. The van der Waals surface area contributed by atoms with Crippen molar-refractivity contribution in [3.8, 4) is 22.8 Å². The number of carbonyl (C=O) groups is 1. The van der Waals surface area contributed by atoms with E-state index in [4.69, 9.17) is 50.8 Å². The molecule has 6 aromatic rings. The van der Waals surface area contributed by atoms with Crippen molar-refractivity contribution in [2.45, 2.75) is 79.7 Å². The van der Waals surface area contributed by atoms with Gasteiger partial charge in [0.25, 0.3) is 5.91 Å². The summed E-state index contributed by atoms with van der Waals surface area (Å²) >= 11 is 0. The van der Waals surface area contributed by atoms with Crippen LogP contribution in [0.4, 0.5) is 35.4 Å². The van der Waals surface area contributed by atoms with Crippen LogP contribution in [-0.2, 0) is 27.4 Å². The van der Waals surface area contributed by atoms with Crippen LogP contribution >= 0.6 is 0 Å². The summed E-state index contributed by atoms with van der Waals surface area (Å²) in [5, 5.41) is 13.4. The van der Waals surface area contributed by atoms with Crippen LogP contribution in [0.5, 0.6) is 0 Å². The van der Waals surface area contributed by atoms with Gasteiger partial charge in [0, 0.05) is 115 Å². The number of fused-ring (bicyclic) bond motifs is 2. The molecule has 10 rings (SSSR count). The van der Waals surface area contributed by atoms with E-state index in [9.17, 15) is 9.90 Å². The van der Waals surface area contributed by atoms with E-state index in [0.29, 0.717) is 101 Å². The number of nitrogens with two attached hydrogens (primary N) is 2. The second-order valence-corrected chi connectivity index (χ2v) is 19.6. The fraction of sp³-hybridized carbons (Fsp3) is 0.596. The van der Waals surface area contributed by atoms with E-state index in [0.717, 1.165) is 90.7 Å².